The molecule has 39 heavy (non-hydrogen) atoms. The van der Waals surface area contributed by atoms with Crippen molar-refractivity contribution in [2.45, 2.75) is 68.3 Å². The number of hydrogen-bond acceptors (Lipinski definition) is 6. The molecule has 1 saturated heterocycles. The van der Waals surface area contributed by atoms with Crippen LogP contribution in [0.2, 0.25) is 0 Å². The molecule has 7 aliphatic rings. The van der Waals surface area contributed by atoms with Gasteiger partial charge >= 0.3 is 0 Å². The minimum atomic E-state index is -0.591. The van der Waals surface area contributed by atoms with E-state index in [0.717, 1.165) is 61.8 Å². The number of carbonyl (C=O) groups excluding carboxylic acids is 1. The van der Waals surface area contributed by atoms with Crippen molar-refractivity contribution in [1.29, 1.82) is 0 Å². The molecule has 0 amide bonds. The van der Waals surface area contributed by atoms with Gasteiger partial charge in [0.25, 0.3) is 0 Å². The third-order valence-corrected chi connectivity index (χ3v) is 11.8. The van der Waals surface area contributed by atoms with Gasteiger partial charge in [-0.05, 0) is 68.2 Å². The molecule has 0 radical (unpaired) electrons. The summed E-state index contributed by atoms with van der Waals surface area (Å²) < 4.78 is 26.0. The Labute approximate surface area is 230 Å². The standard InChI is InChI=1S/C33H39NO5/c1-36-26-11-10-23-16-27-31-12-13-33(37-2,25(24(31)18-35)20-38-19-22-6-4-3-5-7-22)30-32(31,28(23)29(26)39-30)14-15-34(27)17-21-8-9-21/h3-7,10-11,18,21,24-25,27,30H,8-9,12-17,19-20H2,1-2H3/t24-,25-,27+,30+,31+,32-,33+/m0/s1. The minimum Gasteiger partial charge on any atom is -0.493 e. The number of aldehydes is 1. The van der Waals surface area contributed by atoms with Gasteiger partial charge < -0.3 is 23.7 Å². The van der Waals surface area contributed by atoms with Gasteiger partial charge in [-0.15, -0.1) is 0 Å². The van der Waals surface area contributed by atoms with Crippen LogP contribution in [0.15, 0.2) is 42.5 Å². The highest BCUT2D eigenvalue weighted by atomic mass is 16.6. The molecule has 0 N–H and O–H groups in total. The molecule has 0 unspecified atom stereocenters. The zero-order valence-electron chi connectivity index (χ0n) is 23.1. The van der Waals surface area contributed by atoms with Crippen molar-refractivity contribution in [3.05, 3.63) is 59.2 Å². The van der Waals surface area contributed by atoms with E-state index < -0.39 is 5.60 Å². The fourth-order valence-electron chi connectivity index (χ4n) is 10.2. The predicted octanol–water partition coefficient (Wildman–Crippen LogP) is 4.56. The molecular weight excluding hydrogens is 490 g/mol. The summed E-state index contributed by atoms with van der Waals surface area (Å²) in [6, 6.07) is 15.0. The summed E-state index contributed by atoms with van der Waals surface area (Å²) in [5.74, 6) is 2.29. The monoisotopic (exact) mass is 529 g/mol. The Morgan fingerprint density at radius 2 is 1.92 bits per heavy atom. The van der Waals surface area contributed by atoms with Gasteiger partial charge in [-0.2, -0.15) is 0 Å². The number of fused-ring (bicyclic) bond motifs is 2. The third kappa shape index (κ3) is 2.95. The van der Waals surface area contributed by atoms with Gasteiger partial charge in [-0.25, -0.2) is 0 Å². The molecule has 206 valence electrons. The van der Waals surface area contributed by atoms with Crippen LogP contribution >= 0.6 is 0 Å². The van der Waals surface area contributed by atoms with Crippen molar-refractivity contribution < 1.29 is 23.7 Å². The molecule has 4 bridgehead atoms. The second-order valence-electron chi connectivity index (χ2n) is 13.0. The molecule has 2 aliphatic heterocycles. The molecule has 5 aliphatic carbocycles. The van der Waals surface area contributed by atoms with Crippen LogP contribution in [0.5, 0.6) is 11.5 Å². The number of carbonyl (C=O) groups is 1. The van der Waals surface area contributed by atoms with E-state index in [1.54, 1.807) is 7.11 Å². The summed E-state index contributed by atoms with van der Waals surface area (Å²) in [6.07, 6.45) is 7.66. The maximum atomic E-state index is 13.4. The first-order chi connectivity index (χ1) is 19.1. The van der Waals surface area contributed by atoms with E-state index in [1.165, 1.54) is 30.3 Å². The topological polar surface area (TPSA) is 57.2 Å². The second-order valence-corrected chi connectivity index (χ2v) is 13.0. The molecular formula is C33H39NO5. The molecule has 5 fully saturated rings. The zero-order valence-corrected chi connectivity index (χ0v) is 23.1. The summed E-state index contributed by atoms with van der Waals surface area (Å²) in [6.45, 7) is 3.23. The highest BCUT2D eigenvalue weighted by molar-refractivity contribution is 5.68. The van der Waals surface area contributed by atoms with Crippen LogP contribution in [-0.2, 0) is 32.7 Å². The number of rotatable bonds is 9. The first-order valence-corrected chi connectivity index (χ1v) is 14.9. The Morgan fingerprint density at radius 1 is 1.08 bits per heavy atom. The predicted molar refractivity (Wildman–Crippen MR) is 146 cm³/mol. The van der Waals surface area contributed by atoms with E-state index in [9.17, 15) is 4.79 Å². The Hall–Kier alpha value is -2.41. The van der Waals surface area contributed by atoms with E-state index in [1.807, 2.05) is 25.3 Å². The van der Waals surface area contributed by atoms with Gasteiger partial charge in [-0.1, -0.05) is 36.4 Å². The summed E-state index contributed by atoms with van der Waals surface area (Å²) in [5, 5.41) is 0. The minimum absolute atomic E-state index is 0.0687. The normalized spacial score (nSPS) is 39.2. The Balaban J connectivity index is 1.28. The van der Waals surface area contributed by atoms with Crippen molar-refractivity contribution in [3.63, 3.8) is 0 Å². The van der Waals surface area contributed by atoms with Crippen molar-refractivity contribution in [1.82, 2.24) is 4.90 Å². The van der Waals surface area contributed by atoms with E-state index in [4.69, 9.17) is 18.9 Å². The van der Waals surface area contributed by atoms with Crippen LogP contribution < -0.4 is 9.47 Å². The van der Waals surface area contributed by atoms with Crippen LogP contribution in [0.1, 0.15) is 48.8 Å². The lowest BCUT2D eigenvalue weighted by atomic mass is 9.32. The maximum Gasteiger partial charge on any atom is 0.165 e. The largest absolute Gasteiger partial charge is 0.493 e. The summed E-state index contributed by atoms with van der Waals surface area (Å²) >= 11 is 0. The SMILES string of the molecule is COc1ccc2c3c1O[C@H]1[C@@]4(OC)CC[C@@]5([C@@H](C=O)[C@@H]4COCc4ccccc4)[C@@H](C2)N(CC2CC2)CC[C@]315. The van der Waals surface area contributed by atoms with Gasteiger partial charge in [0, 0.05) is 47.9 Å². The third-order valence-electron chi connectivity index (χ3n) is 11.8. The van der Waals surface area contributed by atoms with Crippen LogP contribution in [0.25, 0.3) is 0 Å². The highest BCUT2D eigenvalue weighted by Gasteiger charge is 2.83. The lowest BCUT2D eigenvalue weighted by Crippen LogP contribution is -2.84. The van der Waals surface area contributed by atoms with Crippen molar-refractivity contribution in [2.24, 2.45) is 23.2 Å². The number of methoxy groups -OCH3 is 2. The molecule has 7 atom stereocenters. The van der Waals surface area contributed by atoms with Crippen LogP contribution in [0, 0.1) is 23.2 Å². The number of piperidine rings is 1. The zero-order chi connectivity index (χ0) is 26.4. The first-order valence-electron chi connectivity index (χ1n) is 14.9. The Kier molecular flexibility index (Phi) is 5.34. The quantitative estimate of drug-likeness (QED) is 0.444. The molecule has 2 aromatic carbocycles. The number of hydrogen-bond donors (Lipinski definition) is 0. The number of ether oxygens (including phenoxy) is 4. The van der Waals surface area contributed by atoms with E-state index in [2.05, 4.69) is 29.2 Å². The van der Waals surface area contributed by atoms with Gasteiger partial charge in [0.1, 0.15) is 18.0 Å². The van der Waals surface area contributed by atoms with Crippen LogP contribution in [0.4, 0.5) is 0 Å². The first kappa shape index (κ1) is 24.4. The van der Waals surface area contributed by atoms with E-state index in [0.29, 0.717) is 19.3 Å². The van der Waals surface area contributed by atoms with Crippen molar-refractivity contribution in [2.75, 3.05) is 33.9 Å². The smallest absolute Gasteiger partial charge is 0.165 e. The number of nitrogens with zero attached hydrogens (tertiary/aromatic N) is 1. The second kappa shape index (κ2) is 8.55. The Bertz CT molecular complexity index is 1290. The molecule has 0 aromatic heterocycles. The summed E-state index contributed by atoms with van der Waals surface area (Å²) in [5.41, 5.74) is 2.82. The average Bonchev–Trinajstić information content (AvgIpc) is 3.72. The lowest BCUT2D eigenvalue weighted by Gasteiger charge is -2.75. The van der Waals surface area contributed by atoms with Crippen LogP contribution in [-0.4, -0.2) is 62.8 Å². The van der Waals surface area contributed by atoms with Crippen molar-refractivity contribution >= 4 is 6.29 Å². The highest BCUT2D eigenvalue weighted by Crippen LogP contribution is 2.78. The van der Waals surface area contributed by atoms with Gasteiger partial charge in [0.2, 0.25) is 0 Å². The maximum absolute atomic E-state index is 13.4. The number of benzene rings is 2. The summed E-state index contributed by atoms with van der Waals surface area (Å²) in [4.78, 5) is 16.2. The molecule has 6 heteroatoms. The fraction of sp³-hybridized carbons (Fsp3) is 0.606. The van der Waals surface area contributed by atoms with Gasteiger partial charge in [0.05, 0.1) is 20.3 Å². The van der Waals surface area contributed by atoms with Crippen LogP contribution in [0.3, 0.4) is 0 Å². The Morgan fingerprint density at radius 3 is 2.67 bits per heavy atom. The van der Waals surface area contributed by atoms with Gasteiger partial charge in [-0.3, -0.25) is 4.90 Å². The van der Waals surface area contributed by atoms with Crippen molar-refractivity contribution in [3.8, 4) is 11.5 Å². The summed E-state index contributed by atoms with van der Waals surface area (Å²) in [7, 11) is 3.56. The molecule has 2 spiro atoms. The fourth-order valence-corrected chi connectivity index (χ4v) is 10.2. The molecule has 9 rings (SSSR count). The molecule has 2 heterocycles. The molecule has 6 nitrogen and oxygen atoms in total. The molecule has 2 aromatic rings. The van der Waals surface area contributed by atoms with E-state index in [-0.39, 0.29) is 28.8 Å². The van der Waals surface area contributed by atoms with Gasteiger partial charge in [0.15, 0.2) is 11.5 Å². The number of likely N-dealkylation sites (tertiary alicyclic amines) is 1. The van der Waals surface area contributed by atoms with E-state index >= 15 is 0 Å². The molecule has 4 saturated carbocycles. The average molecular weight is 530 g/mol. The lowest BCUT2D eigenvalue weighted by molar-refractivity contribution is -0.302.